The first-order valence-electron chi connectivity index (χ1n) is 13.8. The number of hydrogen-bond donors (Lipinski definition) is 2. The van der Waals surface area contributed by atoms with Gasteiger partial charge in [0.1, 0.15) is 28.6 Å². The first-order chi connectivity index (χ1) is 21.0. The molecule has 0 saturated carbocycles. The Labute approximate surface area is 246 Å². The molecule has 1 aliphatic rings. The maximum Gasteiger partial charge on any atom is 0.264 e. The number of benzene rings is 2. The second-order valence-electron chi connectivity index (χ2n) is 10.1. The maximum absolute atomic E-state index is 13.8. The lowest BCUT2D eigenvalue weighted by atomic mass is 9.92. The van der Waals surface area contributed by atoms with Crippen LogP contribution in [0, 0.1) is 0 Å². The van der Waals surface area contributed by atoms with E-state index in [-0.39, 0.29) is 23.8 Å². The molecule has 1 aliphatic carbocycles. The normalized spacial score (nSPS) is 13.3. The number of nitrogens with one attached hydrogen (secondary N) is 1. The number of aliphatic hydroxyl groups is 1. The lowest BCUT2D eigenvalue weighted by Gasteiger charge is -2.27. The highest BCUT2D eigenvalue weighted by Gasteiger charge is 2.29. The van der Waals surface area contributed by atoms with Crippen molar-refractivity contribution in [1.82, 2.24) is 14.5 Å². The van der Waals surface area contributed by atoms with Gasteiger partial charge in [0.05, 0.1) is 31.5 Å². The zero-order valence-corrected chi connectivity index (χ0v) is 23.3. The van der Waals surface area contributed by atoms with Crippen LogP contribution in [0.25, 0.3) is 10.9 Å². The molecule has 0 saturated heterocycles. The summed E-state index contributed by atoms with van der Waals surface area (Å²) >= 11 is 0. The number of amides is 1. The average molecular weight is 577 g/mol. The number of rotatable bonds is 8. The minimum atomic E-state index is -0.749. The number of ketones is 1. The van der Waals surface area contributed by atoms with Gasteiger partial charge in [-0.25, -0.2) is 4.98 Å². The maximum atomic E-state index is 13.8. The van der Waals surface area contributed by atoms with Gasteiger partial charge in [0.15, 0.2) is 5.78 Å². The summed E-state index contributed by atoms with van der Waals surface area (Å²) in [7, 11) is 1.59. The zero-order valence-electron chi connectivity index (χ0n) is 23.3. The van der Waals surface area contributed by atoms with Crippen LogP contribution in [-0.4, -0.2) is 45.0 Å². The molecule has 6 rings (SSSR count). The number of Topliss-reactive ketones (excluding diaryl/α,β-unsaturated/α-hetero) is 1. The number of hydrogen-bond acceptors (Lipinski definition) is 8. The van der Waals surface area contributed by atoms with Crippen molar-refractivity contribution in [3.63, 3.8) is 0 Å². The zero-order chi connectivity index (χ0) is 29.9. The van der Waals surface area contributed by atoms with Gasteiger partial charge in [0.25, 0.3) is 11.5 Å². The van der Waals surface area contributed by atoms with E-state index in [9.17, 15) is 19.5 Å². The number of methoxy groups -OCH3 is 1. The molecule has 10 nitrogen and oxygen atoms in total. The van der Waals surface area contributed by atoms with Gasteiger partial charge < -0.3 is 24.5 Å². The van der Waals surface area contributed by atoms with Crippen molar-refractivity contribution in [1.29, 1.82) is 0 Å². The number of carbonyl (C=O) groups excluding carboxylic acids is 2. The molecule has 1 amide bonds. The van der Waals surface area contributed by atoms with Crippen LogP contribution in [0.3, 0.4) is 0 Å². The molecule has 43 heavy (non-hydrogen) atoms. The quantitative estimate of drug-likeness (QED) is 0.265. The molecule has 5 aromatic rings. The fourth-order valence-electron chi connectivity index (χ4n) is 5.37. The van der Waals surface area contributed by atoms with E-state index >= 15 is 0 Å². The van der Waals surface area contributed by atoms with E-state index in [1.165, 1.54) is 16.8 Å². The monoisotopic (exact) mass is 576 g/mol. The lowest BCUT2D eigenvalue weighted by Crippen LogP contribution is -2.38. The molecule has 2 aromatic carbocycles. The highest BCUT2D eigenvalue weighted by molar-refractivity contribution is 6.06. The Bertz CT molecular complexity index is 1890. The molecule has 216 valence electrons. The number of pyridine rings is 3. The molecule has 3 heterocycles. The predicted molar refractivity (Wildman–Crippen MR) is 160 cm³/mol. The van der Waals surface area contributed by atoms with Crippen molar-refractivity contribution in [3.8, 4) is 17.2 Å². The molecule has 0 aliphatic heterocycles. The summed E-state index contributed by atoms with van der Waals surface area (Å²) in [5.41, 5.74) is 1.47. The number of carbonyl (C=O) groups is 2. The van der Waals surface area contributed by atoms with Gasteiger partial charge in [0.2, 0.25) is 0 Å². The van der Waals surface area contributed by atoms with Crippen molar-refractivity contribution < 1.29 is 24.2 Å². The van der Waals surface area contributed by atoms with Gasteiger partial charge in [-0.2, -0.15) is 0 Å². The van der Waals surface area contributed by atoms with E-state index in [0.29, 0.717) is 58.8 Å². The third-order valence-electron chi connectivity index (χ3n) is 7.49. The number of nitrogens with zero attached hydrogens (tertiary/aromatic N) is 3. The molecule has 0 radical (unpaired) electrons. The molecule has 1 atom stereocenters. The Morgan fingerprint density at radius 3 is 2.56 bits per heavy atom. The topological polar surface area (TPSA) is 133 Å². The van der Waals surface area contributed by atoms with E-state index in [1.807, 2.05) is 36.4 Å². The van der Waals surface area contributed by atoms with Crippen molar-refractivity contribution in [3.05, 3.63) is 118 Å². The van der Waals surface area contributed by atoms with Gasteiger partial charge in [-0.05, 0) is 54.8 Å². The van der Waals surface area contributed by atoms with Crippen LogP contribution in [0.15, 0.2) is 90.0 Å². The minimum absolute atomic E-state index is 0.143. The van der Waals surface area contributed by atoms with Crippen LogP contribution in [0.2, 0.25) is 0 Å². The molecule has 0 unspecified atom stereocenters. The number of aromatic nitrogens is 3. The second-order valence-corrected chi connectivity index (χ2v) is 10.1. The summed E-state index contributed by atoms with van der Waals surface area (Å²) in [6.07, 6.45) is 4.49. The third-order valence-corrected chi connectivity index (χ3v) is 7.49. The lowest BCUT2D eigenvalue weighted by molar-refractivity contribution is 0.0969. The van der Waals surface area contributed by atoms with Gasteiger partial charge in [0, 0.05) is 35.3 Å². The van der Waals surface area contributed by atoms with Crippen LogP contribution in [0.1, 0.15) is 50.9 Å². The molecule has 10 heteroatoms. The van der Waals surface area contributed by atoms with Crippen molar-refractivity contribution in [2.75, 3.05) is 19.0 Å². The Kier molecular flexibility index (Phi) is 7.67. The first kappa shape index (κ1) is 27.8. The predicted octanol–water partition coefficient (Wildman–Crippen LogP) is 4.95. The van der Waals surface area contributed by atoms with E-state index in [1.54, 1.807) is 43.6 Å². The number of aliphatic hydroxyl groups excluding tert-OH is 1. The van der Waals surface area contributed by atoms with Crippen LogP contribution in [0.4, 0.5) is 5.82 Å². The standard InChI is InChI=1S/C33H28N4O6/c1-42-21-10-12-23-26(16-21)34-15-14-30(23)43-22-11-13-31(35-18-22)36-32(40)25-17-24-27(8-5-9-29(24)39)37(33(25)41)28(19-38)20-6-3-2-4-7-20/h2-4,6-7,10-18,28,38H,5,8-9,19H2,1H3,(H,35,36,40)/t28-/m1/s1. The third kappa shape index (κ3) is 5.47. The summed E-state index contributed by atoms with van der Waals surface area (Å²) in [4.78, 5) is 48.7. The van der Waals surface area contributed by atoms with Crippen molar-refractivity contribution >= 4 is 28.4 Å². The van der Waals surface area contributed by atoms with Gasteiger partial charge in [-0.15, -0.1) is 0 Å². The number of ether oxygens (including phenoxy) is 2. The van der Waals surface area contributed by atoms with E-state index in [4.69, 9.17) is 9.47 Å². The molecule has 0 bridgehead atoms. The summed E-state index contributed by atoms with van der Waals surface area (Å²) in [6, 6.07) is 20.1. The fourth-order valence-corrected chi connectivity index (χ4v) is 5.37. The van der Waals surface area contributed by atoms with Gasteiger partial charge >= 0.3 is 0 Å². The highest BCUT2D eigenvalue weighted by atomic mass is 16.5. The van der Waals surface area contributed by atoms with Crippen molar-refractivity contribution in [2.24, 2.45) is 0 Å². The second kappa shape index (κ2) is 11.9. The SMILES string of the molecule is COc1ccc2c(Oc3ccc(NC(=O)c4cc5c(n([C@H](CO)c6ccccc6)c4=O)CCCC5=O)nc3)ccnc2c1. The van der Waals surface area contributed by atoms with Crippen LogP contribution < -0.4 is 20.3 Å². The van der Waals surface area contributed by atoms with E-state index in [2.05, 4.69) is 15.3 Å². The number of fused-ring (bicyclic) bond motifs is 2. The molecule has 2 N–H and O–H groups in total. The molecule has 3 aromatic heterocycles. The summed E-state index contributed by atoms with van der Waals surface area (Å²) < 4.78 is 12.7. The smallest absolute Gasteiger partial charge is 0.264 e. The number of anilines is 1. The Hall–Kier alpha value is -5.35. The van der Waals surface area contributed by atoms with Crippen LogP contribution >= 0.6 is 0 Å². The molecular formula is C33H28N4O6. The fraction of sp³-hybridized carbons (Fsp3) is 0.182. The Morgan fingerprint density at radius 1 is 1.00 bits per heavy atom. The Morgan fingerprint density at radius 2 is 1.81 bits per heavy atom. The molecular weight excluding hydrogens is 548 g/mol. The minimum Gasteiger partial charge on any atom is -0.497 e. The van der Waals surface area contributed by atoms with Crippen LogP contribution in [-0.2, 0) is 6.42 Å². The average Bonchev–Trinajstić information content (AvgIpc) is 3.03. The van der Waals surface area contributed by atoms with Gasteiger partial charge in [-0.3, -0.25) is 19.4 Å². The van der Waals surface area contributed by atoms with Crippen LogP contribution in [0.5, 0.6) is 17.2 Å². The molecule has 0 spiro atoms. The Balaban J connectivity index is 1.28. The summed E-state index contributed by atoms with van der Waals surface area (Å²) in [5, 5.41) is 13.8. The first-order valence-corrected chi connectivity index (χ1v) is 13.8. The summed E-state index contributed by atoms with van der Waals surface area (Å²) in [5.74, 6) is 1.02. The van der Waals surface area contributed by atoms with E-state index < -0.39 is 17.5 Å². The molecule has 0 fully saturated rings. The van der Waals surface area contributed by atoms with Gasteiger partial charge in [-0.1, -0.05) is 30.3 Å². The largest absolute Gasteiger partial charge is 0.497 e. The van der Waals surface area contributed by atoms with Crippen molar-refractivity contribution in [2.45, 2.75) is 25.3 Å². The van der Waals surface area contributed by atoms with E-state index in [0.717, 1.165) is 5.39 Å². The summed E-state index contributed by atoms with van der Waals surface area (Å²) in [6.45, 7) is -0.376. The highest BCUT2D eigenvalue weighted by Crippen LogP contribution is 2.31.